The van der Waals surface area contributed by atoms with E-state index < -0.39 is 11.7 Å². The van der Waals surface area contributed by atoms with Crippen LogP contribution in [0.4, 0.5) is 13.2 Å². The quantitative estimate of drug-likeness (QED) is 0.462. The number of benzene rings is 1. The SMILES string of the molecule is CC/C=C/N=C1\SC=N\C1=C(\C)C(=O)NCc1cc(-c2nc3ccc(C(F)(F)F)cc3[nH]2)on1. The van der Waals surface area contributed by atoms with Gasteiger partial charge in [0.2, 0.25) is 11.7 Å². The van der Waals surface area contributed by atoms with E-state index in [1.54, 1.807) is 24.7 Å². The highest BCUT2D eigenvalue weighted by Crippen LogP contribution is 2.32. The van der Waals surface area contributed by atoms with E-state index in [1.807, 2.05) is 13.0 Å². The number of thioether (sulfide) groups is 1. The predicted molar refractivity (Wildman–Crippen MR) is 124 cm³/mol. The second kappa shape index (κ2) is 9.67. The highest BCUT2D eigenvalue weighted by molar-refractivity contribution is 8.26. The zero-order chi connectivity index (χ0) is 24.3. The van der Waals surface area contributed by atoms with Crippen molar-refractivity contribution in [1.82, 2.24) is 20.4 Å². The molecule has 176 valence electrons. The zero-order valence-corrected chi connectivity index (χ0v) is 18.9. The second-order valence-electron chi connectivity index (χ2n) is 7.23. The number of fused-ring (bicyclic) bond motifs is 1. The standard InChI is InChI=1S/C22H19F3N6O2S/c1-3-4-7-26-21-18(28-11-34-21)12(2)20(32)27-10-14-9-17(33-31-14)19-29-15-6-5-13(22(23,24)25)8-16(15)30-19/h4-9,11H,3,10H2,1-2H3,(H,27,32)(H,29,30)/b7-4+,18-12-,26-21-. The number of nitrogens with one attached hydrogen (secondary N) is 2. The maximum Gasteiger partial charge on any atom is 0.416 e. The van der Waals surface area contributed by atoms with Crippen LogP contribution in [-0.4, -0.2) is 31.6 Å². The van der Waals surface area contributed by atoms with E-state index in [1.165, 1.54) is 17.8 Å². The number of aromatic amines is 1. The van der Waals surface area contributed by atoms with Crippen LogP contribution in [0.5, 0.6) is 0 Å². The number of rotatable bonds is 6. The van der Waals surface area contributed by atoms with Gasteiger partial charge in [-0.3, -0.25) is 4.79 Å². The summed E-state index contributed by atoms with van der Waals surface area (Å²) in [5.74, 6) is 0.129. The van der Waals surface area contributed by atoms with Crippen molar-refractivity contribution in [2.75, 3.05) is 0 Å². The van der Waals surface area contributed by atoms with E-state index in [0.717, 1.165) is 18.6 Å². The van der Waals surface area contributed by atoms with Crippen LogP contribution in [0, 0.1) is 0 Å². The molecule has 0 aliphatic carbocycles. The van der Waals surface area contributed by atoms with Gasteiger partial charge in [-0.05, 0) is 31.5 Å². The number of hydrogen-bond acceptors (Lipinski definition) is 7. The number of aromatic nitrogens is 3. The van der Waals surface area contributed by atoms with Crippen molar-refractivity contribution < 1.29 is 22.5 Å². The lowest BCUT2D eigenvalue weighted by molar-refractivity contribution is -0.137. The Balaban J connectivity index is 1.45. The molecule has 0 radical (unpaired) electrons. The summed E-state index contributed by atoms with van der Waals surface area (Å²) < 4.78 is 44.0. The van der Waals surface area contributed by atoms with Crippen molar-refractivity contribution in [1.29, 1.82) is 0 Å². The molecule has 0 saturated heterocycles. The van der Waals surface area contributed by atoms with Crippen LogP contribution >= 0.6 is 11.8 Å². The average molecular weight is 488 g/mol. The first-order chi connectivity index (χ1) is 16.3. The summed E-state index contributed by atoms with van der Waals surface area (Å²) in [6.45, 7) is 3.73. The molecule has 0 bridgehead atoms. The highest BCUT2D eigenvalue weighted by Gasteiger charge is 2.31. The van der Waals surface area contributed by atoms with Crippen molar-refractivity contribution in [3.63, 3.8) is 0 Å². The Morgan fingerprint density at radius 2 is 2.15 bits per heavy atom. The number of halogens is 3. The minimum absolute atomic E-state index is 0.0739. The predicted octanol–water partition coefficient (Wildman–Crippen LogP) is 5.22. The van der Waals surface area contributed by atoms with Gasteiger partial charge in [-0.1, -0.05) is 29.9 Å². The molecular formula is C22H19F3N6O2S. The van der Waals surface area contributed by atoms with E-state index in [-0.39, 0.29) is 29.6 Å². The molecule has 0 fully saturated rings. The summed E-state index contributed by atoms with van der Waals surface area (Å²) in [6.07, 6.45) is -0.0195. The molecule has 0 atom stereocenters. The molecule has 3 heterocycles. The summed E-state index contributed by atoms with van der Waals surface area (Å²) in [4.78, 5) is 28.2. The molecule has 2 N–H and O–H groups in total. The van der Waals surface area contributed by atoms with Crippen molar-refractivity contribution >= 4 is 39.3 Å². The lowest BCUT2D eigenvalue weighted by atomic mass is 10.2. The largest absolute Gasteiger partial charge is 0.416 e. The Kier molecular flexibility index (Phi) is 6.68. The van der Waals surface area contributed by atoms with Crippen LogP contribution in [0.15, 0.2) is 62.3 Å². The Morgan fingerprint density at radius 1 is 1.32 bits per heavy atom. The monoisotopic (exact) mass is 488 g/mol. The van der Waals surface area contributed by atoms with E-state index in [9.17, 15) is 18.0 Å². The molecule has 1 aliphatic heterocycles. The molecule has 12 heteroatoms. The van der Waals surface area contributed by atoms with Crippen molar-refractivity contribution in [2.24, 2.45) is 9.98 Å². The molecule has 8 nitrogen and oxygen atoms in total. The van der Waals surface area contributed by atoms with Crippen LogP contribution in [0.2, 0.25) is 0 Å². The fourth-order valence-electron chi connectivity index (χ4n) is 3.03. The number of hydrogen-bond donors (Lipinski definition) is 2. The van der Waals surface area contributed by atoms with Crippen LogP contribution in [-0.2, 0) is 17.5 Å². The fraction of sp³-hybridized carbons (Fsp3) is 0.227. The lowest BCUT2D eigenvalue weighted by Gasteiger charge is -2.05. The molecule has 34 heavy (non-hydrogen) atoms. The zero-order valence-electron chi connectivity index (χ0n) is 18.1. The van der Waals surface area contributed by atoms with Gasteiger partial charge in [0.05, 0.1) is 28.7 Å². The fourth-order valence-corrected chi connectivity index (χ4v) is 3.73. The smallest absolute Gasteiger partial charge is 0.353 e. The summed E-state index contributed by atoms with van der Waals surface area (Å²) >= 11 is 1.33. The van der Waals surface area contributed by atoms with Crippen molar-refractivity contribution in [2.45, 2.75) is 33.0 Å². The maximum atomic E-state index is 12.9. The Hall–Kier alpha value is -3.67. The molecule has 1 aromatic carbocycles. The summed E-state index contributed by atoms with van der Waals surface area (Å²) in [6, 6.07) is 4.79. The lowest BCUT2D eigenvalue weighted by Crippen LogP contribution is -2.24. The minimum Gasteiger partial charge on any atom is -0.353 e. The molecule has 4 rings (SSSR count). The first kappa shape index (κ1) is 23.5. The number of nitrogens with zero attached hydrogens (tertiary/aromatic N) is 4. The Morgan fingerprint density at radius 3 is 2.91 bits per heavy atom. The third kappa shape index (κ3) is 5.11. The molecule has 0 spiro atoms. The Labute approximate surface area is 196 Å². The van der Waals surface area contributed by atoms with Crippen molar-refractivity contribution in [3.8, 4) is 11.6 Å². The van der Waals surface area contributed by atoms with Crippen molar-refractivity contribution in [3.05, 3.63) is 59.1 Å². The summed E-state index contributed by atoms with van der Waals surface area (Å²) in [5.41, 5.74) is 2.76. The van der Waals surface area contributed by atoms with Gasteiger partial charge in [0.1, 0.15) is 16.4 Å². The van der Waals surface area contributed by atoms with Crippen LogP contribution in [0.1, 0.15) is 31.5 Å². The second-order valence-corrected chi connectivity index (χ2v) is 8.07. The molecular weight excluding hydrogens is 469 g/mol. The van der Waals surface area contributed by atoms with E-state index in [2.05, 4.69) is 30.4 Å². The highest BCUT2D eigenvalue weighted by atomic mass is 32.2. The number of imidazole rings is 1. The average Bonchev–Trinajstić information content (AvgIpc) is 3.55. The normalized spacial score (nSPS) is 16.8. The van der Waals surface area contributed by atoms with Crippen LogP contribution in [0.25, 0.3) is 22.6 Å². The van der Waals surface area contributed by atoms with Crippen LogP contribution in [0.3, 0.4) is 0 Å². The van der Waals surface area contributed by atoms with Gasteiger partial charge in [0, 0.05) is 17.8 Å². The number of carbonyl (C=O) groups excluding carboxylic acids is 1. The third-order valence-electron chi connectivity index (χ3n) is 4.81. The molecule has 1 amide bonds. The summed E-state index contributed by atoms with van der Waals surface area (Å²) in [5, 5.41) is 7.29. The number of H-pyrrole nitrogens is 1. The number of aliphatic imine (C=N–C) groups is 2. The number of allylic oxidation sites excluding steroid dienone is 1. The third-order valence-corrected chi connectivity index (χ3v) is 5.54. The number of carbonyl (C=O) groups is 1. The van der Waals surface area contributed by atoms with Gasteiger partial charge in [-0.2, -0.15) is 13.2 Å². The minimum atomic E-state index is -4.45. The summed E-state index contributed by atoms with van der Waals surface area (Å²) in [7, 11) is 0. The molecule has 3 aromatic rings. The van der Waals surface area contributed by atoms with E-state index >= 15 is 0 Å². The van der Waals surface area contributed by atoms with Gasteiger partial charge < -0.3 is 14.8 Å². The molecule has 1 aliphatic rings. The van der Waals surface area contributed by atoms with Gasteiger partial charge in [-0.15, -0.1) is 0 Å². The van der Waals surface area contributed by atoms with Crippen LogP contribution < -0.4 is 5.32 Å². The number of alkyl halides is 3. The van der Waals surface area contributed by atoms with Gasteiger partial charge in [0.25, 0.3) is 0 Å². The molecule has 0 unspecified atom stereocenters. The van der Waals surface area contributed by atoms with Gasteiger partial charge >= 0.3 is 6.18 Å². The first-order valence-electron chi connectivity index (χ1n) is 10.2. The molecule has 0 saturated carbocycles. The number of amides is 1. The maximum absolute atomic E-state index is 12.9. The first-order valence-corrected chi connectivity index (χ1v) is 11.1. The molecule has 2 aromatic heterocycles. The van der Waals surface area contributed by atoms with Gasteiger partial charge in [-0.25, -0.2) is 15.0 Å². The van der Waals surface area contributed by atoms with E-state index in [4.69, 9.17) is 4.52 Å². The van der Waals surface area contributed by atoms with Gasteiger partial charge in [0.15, 0.2) is 5.82 Å². The topological polar surface area (TPSA) is 109 Å². The Bertz CT molecular complexity index is 1350. The van der Waals surface area contributed by atoms with E-state index in [0.29, 0.717) is 27.5 Å².